The van der Waals surface area contributed by atoms with Crippen molar-refractivity contribution in [3.63, 3.8) is 0 Å². The molecule has 4 rings (SSSR count). The first-order valence-corrected chi connectivity index (χ1v) is 11.5. The fraction of sp³-hybridized carbons (Fsp3) is 0.148. The molecule has 184 valence electrons. The molecule has 9 heteroatoms. The Kier molecular flexibility index (Phi) is 8.66. The van der Waals surface area contributed by atoms with E-state index < -0.39 is 11.8 Å². The highest BCUT2D eigenvalue weighted by molar-refractivity contribution is 6.09. The number of carbonyl (C=O) groups excluding carboxylic acids is 2. The van der Waals surface area contributed by atoms with Crippen LogP contribution in [0.5, 0.6) is 0 Å². The highest BCUT2D eigenvalue weighted by Crippen LogP contribution is 2.22. The molecule has 0 atom stereocenters. The monoisotopic (exact) mass is 483 g/mol. The average molecular weight is 484 g/mol. The number of nitrogens with one attached hydrogen (secondary N) is 2. The summed E-state index contributed by atoms with van der Waals surface area (Å²) in [7, 11) is 0. The van der Waals surface area contributed by atoms with Crippen LogP contribution in [0.1, 0.15) is 29.8 Å². The summed E-state index contributed by atoms with van der Waals surface area (Å²) in [5, 5.41) is 12.9. The molecular formula is C27H29N7O2. The molecule has 0 radical (unpaired) electrons. The van der Waals surface area contributed by atoms with Crippen molar-refractivity contribution in [3.05, 3.63) is 97.0 Å². The zero-order valence-corrected chi connectivity index (χ0v) is 20.3. The van der Waals surface area contributed by atoms with Crippen molar-refractivity contribution < 1.29 is 9.59 Å². The number of nitrogen functional groups attached to an aromatic ring is 1. The van der Waals surface area contributed by atoms with E-state index in [2.05, 4.69) is 21.9 Å². The van der Waals surface area contributed by atoms with Gasteiger partial charge in [-0.25, -0.2) is 9.97 Å². The largest absolute Gasteiger partial charge is 0.383 e. The highest BCUT2D eigenvalue weighted by Gasteiger charge is 2.22. The second kappa shape index (κ2) is 12.1. The van der Waals surface area contributed by atoms with Crippen LogP contribution in [0.3, 0.4) is 0 Å². The number of fused-ring (bicyclic) bond motifs is 1. The van der Waals surface area contributed by atoms with Crippen LogP contribution in [-0.4, -0.2) is 50.2 Å². The summed E-state index contributed by atoms with van der Waals surface area (Å²) >= 11 is 0. The predicted molar refractivity (Wildman–Crippen MR) is 143 cm³/mol. The van der Waals surface area contributed by atoms with Crippen LogP contribution < -0.4 is 11.1 Å². The molecule has 0 unspecified atom stereocenters. The molecule has 0 aliphatic rings. The number of anilines is 2. The highest BCUT2D eigenvalue weighted by atomic mass is 16.2. The van der Waals surface area contributed by atoms with Gasteiger partial charge in [0.05, 0.1) is 5.52 Å². The molecular weight excluding hydrogens is 454 g/mol. The van der Waals surface area contributed by atoms with E-state index in [4.69, 9.17) is 11.1 Å². The van der Waals surface area contributed by atoms with Gasteiger partial charge in [0.15, 0.2) is 0 Å². The smallest absolute Gasteiger partial charge is 0.260 e. The zero-order chi connectivity index (χ0) is 26.1. The molecule has 0 bridgehead atoms. The van der Waals surface area contributed by atoms with E-state index in [-0.39, 0.29) is 24.7 Å². The number of hydrogen-bond acceptors (Lipinski definition) is 7. The van der Waals surface area contributed by atoms with Crippen LogP contribution in [-0.2, 0) is 4.79 Å². The van der Waals surface area contributed by atoms with Gasteiger partial charge in [-0.2, -0.15) is 0 Å². The Bertz CT molecular complexity index is 1380. The molecule has 0 saturated carbocycles. The number of aromatic nitrogens is 3. The van der Waals surface area contributed by atoms with Gasteiger partial charge in [-0.15, -0.1) is 0 Å². The third-order valence-electron chi connectivity index (χ3n) is 5.29. The second-order valence-electron chi connectivity index (χ2n) is 7.37. The molecule has 0 saturated heterocycles. The Morgan fingerprint density at radius 1 is 1.08 bits per heavy atom. The Balaban J connectivity index is 0.00000176. The summed E-state index contributed by atoms with van der Waals surface area (Å²) in [4.78, 5) is 34.6. The molecule has 4 N–H and O–H groups in total. The van der Waals surface area contributed by atoms with Crippen LogP contribution in [0.15, 0.2) is 85.8 Å². The number of nitrogens with two attached hydrogens (primary N) is 1. The van der Waals surface area contributed by atoms with Crippen molar-refractivity contribution in [2.75, 3.05) is 24.1 Å². The first-order valence-electron chi connectivity index (χ1n) is 11.5. The normalized spacial score (nSPS) is 10.2. The number of rotatable bonds is 7. The second-order valence-corrected chi connectivity index (χ2v) is 7.37. The molecule has 9 nitrogen and oxygen atoms in total. The standard InChI is InChI=1S/C25H23N7O2.C2H6/c1-2-20(33)32(25(34)18-9-4-3-5-10-18)15-13-28-24-21(22(26)29-16-30-24)23(27)31-14-12-17-8-6-7-11-19(17)31;1-2/h2-12,14,16,27H,1,13,15H2,(H3,26,28,29,30);1-2H3. The maximum absolute atomic E-state index is 12.8. The van der Waals surface area contributed by atoms with E-state index in [9.17, 15) is 9.59 Å². The zero-order valence-electron chi connectivity index (χ0n) is 20.3. The number of imide groups is 1. The Morgan fingerprint density at radius 3 is 2.50 bits per heavy atom. The van der Waals surface area contributed by atoms with Crippen LogP contribution in [0.25, 0.3) is 10.9 Å². The fourth-order valence-electron chi connectivity index (χ4n) is 3.61. The van der Waals surface area contributed by atoms with Crippen LogP contribution in [0, 0.1) is 5.41 Å². The molecule has 0 aliphatic carbocycles. The van der Waals surface area contributed by atoms with Crippen LogP contribution in [0.2, 0.25) is 0 Å². The molecule has 2 aromatic heterocycles. The molecule has 2 heterocycles. The van der Waals surface area contributed by atoms with Crippen molar-refractivity contribution in [1.82, 2.24) is 19.4 Å². The third kappa shape index (κ3) is 5.47. The number of nitrogens with zero attached hydrogens (tertiary/aromatic N) is 4. The summed E-state index contributed by atoms with van der Waals surface area (Å²) in [6, 6.07) is 18.1. The van der Waals surface area contributed by atoms with Gasteiger partial charge in [0.2, 0.25) is 0 Å². The molecule has 0 spiro atoms. The molecule has 4 aromatic rings. The lowest BCUT2D eigenvalue weighted by atomic mass is 10.2. The van der Waals surface area contributed by atoms with E-state index >= 15 is 0 Å². The SMILES string of the molecule is C=CC(=O)N(CCNc1ncnc(N)c1C(=N)n1ccc2ccccc21)C(=O)c1ccccc1.CC. The maximum Gasteiger partial charge on any atom is 0.260 e. The first-order chi connectivity index (χ1) is 17.5. The van der Waals surface area contributed by atoms with Gasteiger partial charge >= 0.3 is 0 Å². The number of amides is 2. The summed E-state index contributed by atoms with van der Waals surface area (Å²) in [6.07, 6.45) is 4.18. The van der Waals surface area contributed by atoms with Crippen molar-refractivity contribution in [3.8, 4) is 0 Å². The Labute approximate surface area is 209 Å². The minimum atomic E-state index is -0.510. The topological polar surface area (TPSA) is 130 Å². The quantitative estimate of drug-likeness (QED) is 0.205. The van der Waals surface area contributed by atoms with Gasteiger partial charge in [0.25, 0.3) is 11.8 Å². The van der Waals surface area contributed by atoms with Crippen molar-refractivity contribution >= 4 is 40.2 Å². The Morgan fingerprint density at radius 2 is 1.78 bits per heavy atom. The number of para-hydroxylation sites is 1. The lowest BCUT2D eigenvalue weighted by Gasteiger charge is -2.20. The maximum atomic E-state index is 12.8. The summed E-state index contributed by atoms with van der Waals surface area (Å²) in [5.41, 5.74) is 7.68. The molecule has 2 aromatic carbocycles. The van der Waals surface area contributed by atoms with Gasteiger partial charge in [-0.3, -0.25) is 19.9 Å². The van der Waals surface area contributed by atoms with E-state index in [1.54, 1.807) is 41.1 Å². The van der Waals surface area contributed by atoms with Crippen molar-refractivity contribution in [1.29, 1.82) is 5.41 Å². The molecule has 36 heavy (non-hydrogen) atoms. The van der Waals surface area contributed by atoms with Gasteiger partial charge < -0.3 is 15.6 Å². The van der Waals surface area contributed by atoms with Crippen molar-refractivity contribution in [2.24, 2.45) is 0 Å². The average Bonchev–Trinajstić information content (AvgIpc) is 3.36. The number of benzene rings is 2. The first kappa shape index (κ1) is 25.8. The third-order valence-corrected chi connectivity index (χ3v) is 5.29. The molecule has 2 amide bonds. The van der Waals surface area contributed by atoms with E-state index in [1.807, 2.05) is 44.2 Å². The summed E-state index contributed by atoms with van der Waals surface area (Å²) in [5.74, 6) is -0.375. The van der Waals surface area contributed by atoms with Gasteiger partial charge in [0, 0.05) is 24.8 Å². The summed E-state index contributed by atoms with van der Waals surface area (Å²) in [6.45, 7) is 7.73. The number of hydrogen-bond donors (Lipinski definition) is 3. The lowest BCUT2D eigenvalue weighted by molar-refractivity contribution is -0.123. The number of carbonyl (C=O) groups is 2. The fourth-order valence-corrected chi connectivity index (χ4v) is 3.61. The van der Waals surface area contributed by atoms with Gasteiger partial charge in [-0.05, 0) is 35.7 Å². The Hall–Kier alpha value is -4.79. The lowest BCUT2D eigenvalue weighted by Crippen LogP contribution is -2.39. The predicted octanol–water partition coefficient (Wildman–Crippen LogP) is 4.18. The van der Waals surface area contributed by atoms with E-state index in [1.165, 1.54) is 6.33 Å². The van der Waals surface area contributed by atoms with E-state index in [0.717, 1.165) is 21.9 Å². The van der Waals surface area contributed by atoms with Gasteiger partial charge in [-0.1, -0.05) is 56.8 Å². The minimum Gasteiger partial charge on any atom is -0.383 e. The summed E-state index contributed by atoms with van der Waals surface area (Å²) < 4.78 is 1.70. The molecule has 0 aliphatic heterocycles. The molecule has 0 fully saturated rings. The van der Waals surface area contributed by atoms with E-state index in [0.29, 0.717) is 16.9 Å². The minimum absolute atomic E-state index is 0.0573. The van der Waals surface area contributed by atoms with Crippen LogP contribution >= 0.6 is 0 Å². The van der Waals surface area contributed by atoms with Gasteiger partial charge in [0.1, 0.15) is 29.4 Å². The van der Waals surface area contributed by atoms with Crippen LogP contribution in [0.4, 0.5) is 11.6 Å². The van der Waals surface area contributed by atoms with Crippen molar-refractivity contribution in [2.45, 2.75) is 13.8 Å².